The number of carbonyl (C=O) groups is 2. The lowest BCUT2D eigenvalue weighted by Crippen LogP contribution is -2.30. The van der Waals surface area contributed by atoms with Gasteiger partial charge in [0.15, 0.2) is 6.23 Å². The fourth-order valence-corrected chi connectivity index (χ4v) is 2.98. The molecule has 3 aromatic rings. The summed E-state index contributed by atoms with van der Waals surface area (Å²) in [6, 6.07) is 10.8. The van der Waals surface area contributed by atoms with Crippen molar-refractivity contribution in [3.63, 3.8) is 0 Å². The van der Waals surface area contributed by atoms with Gasteiger partial charge in [0.25, 0.3) is 5.91 Å². The number of ether oxygens (including phenoxy) is 1. The number of nitrogens with zero attached hydrogens (tertiary/aromatic N) is 2. The van der Waals surface area contributed by atoms with Gasteiger partial charge >= 0.3 is 6.09 Å². The van der Waals surface area contributed by atoms with E-state index in [-0.39, 0.29) is 0 Å². The van der Waals surface area contributed by atoms with E-state index in [1.165, 1.54) is 14.2 Å². The Hall–Kier alpha value is -3.06. The Morgan fingerprint density at radius 3 is 2.62 bits per heavy atom. The van der Waals surface area contributed by atoms with Crippen molar-refractivity contribution >= 4 is 28.4 Å². The maximum absolute atomic E-state index is 11.9. The summed E-state index contributed by atoms with van der Waals surface area (Å²) < 4.78 is 7.17. The van der Waals surface area contributed by atoms with Crippen LogP contribution in [0, 0.1) is 0 Å². The van der Waals surface area contributed by atoms with Crippen LogP contribution < -0.4 is 5.73 Å². The third-order valence-electron chi connectivity index (χ3n) is 4.07. The minimum absolute atomic E-state index is 0.442. The van der Waals surface area contributed by atoms with Gasteiger partial charge in [-0.05, 0) is 18.2 Å². The molecule has 0 radical (unpaired) electrons. The molecule has 0 spiro atoms. The van der Waals surface area contributed by atoms with Crippen LogP contribution in [0.15, 0.2) is 42.6 Å². The molecule has 2 heterocycles. The summed E-state index contributed by atoms with van der Waals surface area (Å²) in [6.45, 7) is 0. The first-order valence-corrected chi connectivity index (χ1v) is 7.26. The van der Waals surface area contributed by atoms with Gasteiger partial charge in [0.2, 0.25) is 0 Å². The molecule has 2 aromatic heterocycles. The molecule has 1 aromatic carbocycles. The van der Waals surface area contributed by atoms with Crippen LogP contribution in [0.5, 0.6) is 0 Å². The van der Waals surface area contributed by atoms with Gasteiger partial charge in [-0.25, -0.2) is 4.79 Å². The summed E-state index contributed by atoms with van der Waals surface area (Å²) >= 11 is 0. The molecule has 0 saturated heterocycles. The van der Waals surface area contributed by atoms with Gasteiger partial charge in [-0.3, -0.25) is 9.69 Å². The Morgan fingerprint density at radius 1 is 1.25 bits per heavy atom. The second kappa shape index (κ2) is 5.86. The van der Waals surface area contributed by atoms with E-state index in [9.17, 15) is 14.7 Å². The van der Waals surface area contributed by atoms with Gasteiger partial charge in [-0.2, -0.15) is 0 Å². The molecular weight excluding hydrogens is 310 g/mol. The largest absolute Gasteiger partial charge is 0.465 e. The summed E-state index contributed by atoms with van der Waals surface area (Å²) in [6.07, 6.45) is -0.0191. The van der Waals surface area contributed by atoms with E-state index < -0.39 is 18.2 Å². The highest BCUT2D eigenvalue weighted by molar-refractivity contribution is 6.13. The van der Waals surface area contributed by atoms with Crippen LogP contribution in [0.25, 0.3) is 16.4 Å². The molecule has 2 amide bonds. The predicted octanol–water partition coefficient (Wildman–Crippen LogP) is 2.45. The minimum atomic E-state index is -1.10. The Labute approximate surface area is 137 Å². The fraction of sp³-hybridized carbons (Fsp3) is 0.176. The number of carbonyl (C=O) groups excluding carboxylic acids is 1. The van der Waals surface area contributed by atoms with Gasteiger partial charge in [0, 0.05) is 31.3 Å². The van der Waals surface area contributed by atoms with Gasteiger partial charge < -0.3 is 20.0 Å². The molecule has 124 valence electrons. The number of amides is 2. The van der Waals surface area contributed by atoms with Crippen molar-refractivity contribution in [3.8, 4) is 0 Å². The van der Waals surface area contributed by atoms with Crippen LogP contribution >= 0.6 is 0 Å². The number of pyridine rings is 1. The molecular formula is C17H17N3O4. The highest BCUT2D eigenvalue weighted by Gasteiger charge is 2.23. The Morgan fingerprint density at radius 2 is 2.00 bits per heavy atom. The first-order chi connectivity index (χ1) is 11.5. The number of nitrogens with two attached hydrogens (primary N) is 1. The zero-order valence-corrected chi connectivity index (χ0v) is 13.3. The monoisotopic (exact) mass is 327 g/mol. The molecule has 0 aliphatic heterocycles. The van der Waals surface area contributed by atoms with Crippen molar-refractivity contribution < 1.29 is 19.4 Å². The van der Waals surface area contributed by atoms with E-state index in [1.54, 1.807) is 12.1 Å². The number of primary amides is 1. The summed E-state index contributed by atoms with van der Waals surface area (Å²) in [4.78, 5) is 24.2. The van der Waals surface area contributed by atoms with Crippen LogP contribution in [-0.2, 0) is 4.74 Å². The lowest BCUT2D eigenvalue weighted by molar-refractivity contribution is -0.0102. The van der Waals surface area contributed by atoms with Crippen molar-refractivity contribution in [2.75, 3.05) is 14.2 Å². The van der Waals surface area contributed by atoms with Crippen molar-refractivity contribution in [1.29, 1.82) is 0 Å². The fourth-order valence-electron chi connectivity index (χ4n) is 2.98. The quantitative estimate of drug-likeness (QED) is 0.719. The van der Waals surface area contributed by atoms with Crippen LogP contribution in [0.3, 0.4) is 0 Å². The normalized spacial score (nSPS) is 12.4. The lowest BCUT2D eigenvalue weighted by atomic mass is 10.1. The summed E-state index contributed by atoms with van der Waals surface area (Å²) in [7, 11) is 2.88. The van der Waals surface area contributed by atoms with E-state index in [0.717, 1.165) is 10.4 Å². The zero-order chi connectivity index (χ0) is 17.4. The molecule has 1 atom stereocenters. The first-order valence-electron chi connectivity index (χ1n) is 7.26. The average molecular weight is 327 g/mol. The second-order valence-corrected chi connectivity index (χ2v) is 5.45. The standard InChI is InChI=1S/C17H17N3O4/c1-19(17(22)23)16(24-2)10-6-7-11-13(9-10)20-8-4-3-5-12(20)14(11)15(18)21/h3-9,16H,1-2H3,(H2,18,21)(H,22,23). The van der Waals surface area contributed by atoms with Crippen LogP contribution in [0.1, 0.15) is 22.1 Å². The lowest BCUT2D eigenvalue weighted by Gasteiger charge is -2.24. The number of benzene rings is 1. The number of aromatic nitrogens is 1. The summed E-state index contributed by atoms with van der Waals surface area (Å²) in [5.41, 5.74) is 8.11. The van der Waals surface area contributed by atoms with Crippen LogP contribution in [0.2, 0.25) is 0 Å². The Balaban J connectivity index is 2.27. The number of carboxylic acid groups (broad SMARTS) is 1. The number of fused-ring (bicyclic) bond motifs is 3. The third-order valence-corrected chi connectivity index (χ3v) is 4.07. The number of hydrogen-bond acceptors (Lipinski definition) is 3. The van der Waals surface area contributed by atoms with E-state index >= 15 is 0 Å². The van der Waals surface area contributed by atoms with E-state index in [1.807, 2.05) is 34.9 Å². The molecule has 7 heteroatoms. The Bertz CT molecular complexity index is 948. The number of hydrogen-bond donors (Lipinski definition) is 2. The molecule has 3 rings (SSSR count). The minimum Gasteiger partial charge on any atom is -0.465 e. The molecule has 7 nitrogen and oxygen atoms in total. The average Bonchev–Trinajstić information content (AvgIpc) is 2.89. The van der Waals surface area contributed by atoms with Gasteiger partial charge in [0.05, 0.1) is 16.6 Å². The van der Waals surface area contributed by atoms with Crippen molar-refractivity contribution in [3.05, 3.63) is 53.7 Å². The van der Waals surface area contributed by atoms with Crippen molar-refractivity contribution in [2.24, 2.45) is 5.73 Å². The van der Waals surface area contributed by atoms with Crippen molar-refractivity contribution in [1.82, 2.24) is 9.30 Å². The highest BCUT2D eigenvalue weighted by Crippen LogP contribution is 2.30. The van der Waals surface area contributed by atoms with E-state index in [2.05, 4.69) is 0 Å². The van der Waals surface area contributed by atoms with Crippen LogP contribution in [-0.4, -0.2) is 40.6 Å². The molecule has 0 aliphatic carbocycles. The van der Waals surface area contributed by atoms with Gasteiger partial charge in [-0.15, -0.1) is 0 Å². The smallest absolute Gasteiger partial charge is 0.409 e. The first kappa shape index (κ1) is 15.8. The molecule has 0 aliphatic rings. The number of methoxy groups -OCH3 is 1. The maximum Gasteiger partial charge on any atom is 0.409 e. The zero-order valence-electron chi connectivity index (χ0n) is 13.3. The number of rotatable bonds is 4. The molecule has 0 fully saturated rings. The highest BCUT2D eigenvalue weighted by atomic mass is 16.5. The SMILES string of the molecule is COC(c1ccc2c(C(N)=O)c3ccccn3c2c1)N(C)C(=O)O. The summed E-state index contributed by atoms with van der Waals surface area (Å²) in [5.74, 6) is -0.507. The second-order valence-electron chi connectivity index (χ2n) is 5.45. The maximum atomic E-state index is 11.9. The van der Waals surface area contributed by atoms with Gasteiger partial charge in [0.1, 0.15) is 0 Å². The Kier molecular flexibility index (Phi) is 3.86. The molecule has 0 saturated carbocycles. The van der Waals surface area contributed by atoms with E-state index in [0.29, 0.717) is 22.0 Å². The van der Waals surface area contributed by atoms with Crippen molar-refractivity contribution in [2.45, 2.75) is 6.23 Å². The molecule has 1 unspecified atom stereocenters. The molecule has 0 bridgehead atoms. The topological polar surface area (TPSA) is 97.3 Å². The molecule has 3 N–H and O–H groups in total. The predicted molar refractivity (Wildman–Crippen MR) is 89.0 cm³/mol. The van der Waals surface area contributed by atoms with Crippen LogP contribution in [0.4, 0.5) is 4.79 Å². The molecule has 24 heavy (non-hydrogen) atoms. The summed E-state index contributed by atoms with van der Waals surface area (Å²) in [5, 5.41) is 9.90. The third kappa shape index (κ3) is 2.35. The van der Waals surface area contributed by atoms with Gasteiger partial charge in [-0.1, -0.05) is 18.2 Å². The van der Waals surface area contributed by atoms with E-state index in [4.69, 9.17) is 10.5 Å².